The van der Waals surface area contributed by atoms with Crippen molar-refractivity contribution >= 4 is 0 Å². The molecule has 0 aromatic heterocycles. The Kier molecular flexibility index (Phi) is 6.38. The number of benzene rings is 1. The predicted octanol–water partition coefficient (Wildman–Crippen LogP) is 5.06. The number of rotatable bonds is 6. The molecule has 2 fully saturated rings. The van der Waals surface area contributed by atoms with E-state index < -0.39 is 0 Å². The SMILES string of the molecule is C[C@H](COc1ccccc1CC1CCCCC1)N1CCCCC1. The second-order valence-electron chi connectivity index (χ2n) is 7.57. The lowest BCUT2D eigenvalue weighted by molar-refractivity contribution is 0.124. The third kappa shape index (κ3) is 4.97. The molecule has 23 heavy (non-hydrogen) atoms. The Morgan fingerprint density at radius 3 is 2.48 bits per heavy atom. The van der Waals surface area contributed by atoms with Crippen LogP contribution in [0.5, 0.6) is 5.75 Å². The van der Waals surface area contributed by atoms with Gasteiger partial charge in [0.05, 0.1) is 0 Å². The maximum Gasteiger partial charge on any atom is 0.122 e. The molecule has 3 rings (SSSR count). The molecule has 0 N–H and O–H groups in total. The quantitative estimate of drug-likeness (QED) is 0.727. The minimum atomic E-state index is 0.526. The van der Waals surface area contributed by atoms with Crippen LogP contribution in [0.15, 0.2) is 24.3 Å². The van der Waals surface area contributed by atoms with Gasteiger partial charge in [0.1, 0.15) is 12.4 Å². The highest BCUT2D eigenvalue weighted by Gasteiger charge is 2.19. The summed E-state index contributed by atoms with van der Waals surface area (Å²) in [6.07, 6.45) is 12.4. The molecule has 0 radical (unpaired) electrons. The summed E-state index contributed by atoms with van der Waals surface area (Å²) in [5.74, 6) is 2.00. The Bertz CT molecular complexity index is 461. The summed E-state index contributed by atoms with van der Waals surface area (Å²) < 4.78 is 6.25. The van der Waals surface area contributed by atoms with Crippen LogP contribution in [0.3, 0.4) is 0 Å². The maximum absolute atomic E-state index is 6.25. The lowest BCUT2D eigenvalue weighted by Gasteiger charge is -2.32. The van der Waals surface area contributed by atoms with Crippen molar-refractivity contribution in [2.24, 2.45) is 5.92 Å². The van der Waals surface area contributed by atoms with Gasteiger partial charge in [0.15, 0.2) is 0 Å². The maximum atomic E-state index is 6.25. The van der Waals surface area contributed by atoms with E-state index in [-0.39, 0.29) is 0 Å². The van der Waals surface area contributed by atoms with Gasteiger partial charge in [-0.1, -0.05) is 56.7 Å². The van der Waals surface area contributed by atoms with E-state index in [1.165, 1.54) is 76.4 Å². The molecular formula is C21H33NO. The van der Waals surface area contributed by atoms with Crippen LogP contribution in [-0.2, 0) is 6.42 Å². The molecule has 1 saturated carbocycles. The molecule has 2 aliphatic rings. The number of para-hydroxylation sites is 1. The van der Waals surface area contributed by atoms with Crippen molar-refractivity contribution in [3.63, 3.8) is 0 Å². The molecule has 1 atom stereocenters. The Balaban J connectivity index is 1.54. The fraction of sp³-hybridized carbons (Fsp3) is 0.714. The second kappa shape index (κ2) is 8.73. The van der Waals surface area contributed by atoms with Crippen LogP contribution in [0.4, 0.5) is 0 Å². The van der Waals surface area contributed by atoms with Crippen LogP contribution in [0, 0.1) is 5.92 Å². The number of piperidine rings is 1. The van der Waals surface area contributed by atoms with Crippen LogP contribution in [0.25, 0.3) is 0 Å². The van der Waals surface area contributed by atoms with E-state index in [4.69, 9.17) is 4.74 Å². The highest BCUT2D eigenvalue weighted by molar-refractivity contribution is 5.33. The van der Waals surface area contributed by atoms with E-state index in [1.807, 2.05) is 0 Å². The first-order chi connectivity index (χ1) is 11.3. The normalized spacial score (nSPS) is 22.0. The van der Waals surface area contributed by atoms with Gasteiger partial charge in [-0.25, -0.2) is 0 Å². The smallest absolute Gasteiger partial charge is 0.122 e. The molecule has 0 unspecified atom stereocenters. The van der Waals surface area contributed by atoms with Crippen molar-refractivity contribution in [2.45, 2.75) is 70.8 Å². The van der Waals surface area contributed by atoms with Crippen molar-refractivity contribution in [3.05, 3.63) is 29.8 Å². The Labute approximate surface area is 142 Å². The van der Waals surface area contributed by atoms with E-state index in [9.17, 15) is 0 Å². The molecule has 2 nitrogen and oxygen atoms in total. The fourth-order valence-electron chi connectivity index (χ4n) is 4.19. The van der Waals surface area contributed by atoms with Crippen LogP contribution >= 0.6 is 0 Å². The minimum Gasteiger partial charge on any atom is -0.492 e. The summed E-state index contributed by atoms with van der Waals surface area (Å²) in [5, 5.41) is 0. The van der Waals surface area contributed by atoms with Crippen LogP contribution in [0.2, 0.25) is 0 Å². The van der Waals surface area contributed by atoms with Crippen LogP contribution in [0.1, 0.15) is 63.9 Å². The molecule has 1 aromatic rings. The largest absolute Gasteiger partial charge is 0.492 e. The monoisotopic (exact) mass is 315 g/mol. The van der Waals surface area contributed by atoms with Gasteiger partial charge in [-0.3, -0.25) is 4.90 Å². The zero-order valence-electron chi connectivity index (χ0n) is 14.8. The topological polar surface area (TPSA) is 12.5 Å². The van der Waals surface area contributed by atoms with Crippen molar-refractivity contribution in [3.8, 4) is 5.75 Å². The standard InChI is InChI=1S/C21H33NO/c1-18(22-14-8-3-9-15-22)17-23-21-13-7-6-12-20(21)16-19-10-4-2-5-11-19/h6-7,12-13,18-19H,2-5,8-11,14-17H2,1H3/t18-/m1/s1. The Morgan fingerprint density at radius 1 is 1.00 bits per heavy atom. The number of hydrogen-bond donors (Lipinski definition) is 0. The summed E-state index contributed by atoms with van der Waals surface area (Å²) in [5.41, 5.74) is 1.42. The second-order valence-corrected chi connectivity index (χ2v) is 7.57. The number of hydrogen-bond acceptors (Lipinski definition) is 2. The van der Waals surface area contributed by atoms with Gasteiger partial charge in [-0.05, 0) is 56.8 Å². The van der Waals surface area contributed by atoms with Gasteiger partial charge >= 0.3 is 0 Å². The van der Waals surface area contributed by atoms with E-state index in [1.54, 1.807) is 0 Å². The van der Waals surface area contributed by atoms with Crippen molar-refractivity contribution < 1.29 is 4.74 Å². The molecular weight excluding hydrogens is 282 g/mol. The first kappa shape index (κ1) is 16.8. The van der Waals surface area contributed by atoms with Crippen molar-refractivity contribution in [1.29, 1.82) is 0 Å². The Hall–Kier alpha value is -1.02. The molecule has 2 heteroatoms. The highest BCUT2D eigenvalue weighted by Crippen LogP contribution is 2.30. The van der Waals surface area contributed by atoms with Gasteiger partial charge in [0.25, 0.3) is 0 Å². The average Bonchev–Trinajstić information content (AvgIpc) is 2.62. The lowest BCUT2D eigenvalue weighted by Crippen LogP contribution is -2.40. The Morgan fingerprint density at radius 2 is 1.70 bits per heavy atom. The molecule has 1 aliphatic carbocycles. The number of ether oxygens (including phenoxy) is 1. The lowest BCUT2D eigenvalue weighted by atomic mass is 9.85. The minimum absolute atomic E-state index is 0.526. The summed E-state index contributed by atoms with van der Waals surface area (Å²) in [4.78, 5) is 2.59. The zero-order chi connectivity index (χ0) is 15.9. The predicted molar refractivity (Wildman–Crippen MR) is 97.1 cm³/mol. The molecule has 0 spiro atoms. The van der Waals surface area contributed by atoms with Crippen molar-refractivity contribution in [2.75, 3.05) is 19.7 Å². The molecule has 0 bridgehead atoms. The summed E-state index contributed by atoms with van der Waals surface area (Å²) >= 11 is 0. The first-order valence-electron chi connectivity index (χ1n) is 9.77. The van der Waals surface area contributed by atoms with E-state index in [0.29, 0.717) is 6.04 Å². The summed E-state index contributed by atoms with van der Waals surface area (Å²) in [6.45, 7) is 5.62. The van der Waals surface area contributed by atoms with E-state index in [2.05, 4.69) is 36.1 Å². The summed E-state index contributed by atoms with van der Waals surface area (Å²) in [6, 6.07) is 9.25. The van der Waals surface area contributed by atoms with E-state index >= 15 is 0 Å². The van der Waals surface area contributed by atoms with Gasteiger partial charge in [-0.15, -0.1) is 0 Å². The van der Waals surface area contributed by atoms with Gasteiger partial charge in [-0.2, -0.15) is 0 Å². The third-order valence-corrected chi connectivity index (χ3v) is 5.70. The molecule has 0 amide bonds. The van der Waals surface area contributed by atoms with Crippen LogP contribution < -0.4 is 4.74 Å². The number of likely N-dealkylation sites (tertiary alicyclic amines) is 1. The van der Waals surface area contributed by atoms with Gasteiger partial charge in [0.2, 0.25) is 0 Å². The van der Waals surface area contributed by atoms with Crippen LogP contribution in [-0.4, -0.2) is 30.6 Å². The highest BCUT2D eigenvalue weighted by atomic mass is 16.5. The molecule has 1 heterocycles. The van der Waals surface area contributed by atoms with Crippen molar-refractivity contribution in [1.82, 2.24) is 4.90 Å². The number of nitrogens with zero attached hydrogens (tertiary/aromatic N) is 1. The average molecular weight is 316 g/mol. The fourth-order valence-corrected chi connectivity index (χ4v) is 4.19. The van der Waals surface area contributed by atoms with E-state index in [0.717, 1.165) is 18.3 Å². The molecule has 1 aliphatic heterocycles. The molecule has 1 aromatic carbocycles. The van der Waals surface area contributed by atoms with Gasteiger partial charge < -0.3 is 4.74 Å². The first-order valence-corrected chi connectivity index (χ1v) is 9.77. The molecule has 128 valence electrons. The van der Waals surface area contributed by atoms with Gasteiger partial charge in [0, 0.05) is 6.04 Å². The molecule has 1 saturated heterocycles. The zero-order valence-corrected chi connectivity index (χ0v) is 14.8. The summed E-state index contributed by atoms with van der Waals surface area (Å²) in [7, 11) is 0. The third-order valence-electron chi connectivity index (χ3n) is 5.70.